The van der Waals surface area contributed by atoms with Gasteiger partial charge in [-0.3, -0.25) is 9.79 Å². The fourth-order valence-electron chi connectivity index (χ4n) is 1.92. The van der Waals surface area contributed by atoms with Gasteiger partial charge in [-0.25, -0.2) is 0 Å². The molecule has 0 radical (unpaired) electrons. The second-order valence-corrected chi connectivity index (χ2v) is 5.33. The van der Waals surface area contributed by atoms with Crippen LogP contribution in [0.5, 0.6) is 0 Å². The molecule has 0 spiro atoms. The Hall–Kier alpha value is -0.530. The first-order chi connectivity index (χ1) is 9.76. The number of hydrogen-bond donors (Lipinski definition) is 2. The number of ether oxygens (including phenoxy) is 1. The molecule has 0 aromatic carbocycles. The summed E-state index contributed by atoms with van der Waals surface area (Å²) in [6.45, 7) is 4.87. The van der Waals surface area contributed by atoms with Crippen LogP contribution in [0.4, 0.5) is 0 Å². The normalized spacial score (nSPS) is 14.3. The number of carbonyl (C=O) groups excluding carboxylic acids is 1. The van der Waals surface area contributed by atoms with Crippen LogP contribution < -0.4 is 10.6 Å². The van der Waals surface area contributed by atoms with Crippen molar-refractivity contribution in [3.63, 3.8) is 0 Å². The number of aliphatic imine (C=N–C) groups is 1. The van der Waals surface area contributed by atoms with Gasteiger partial charge < -0.3 is 15.4 Å². The first-order valence-electron chi connectivity index (χ1n) is 7.85. The minimum absolute atomic E-state index is 0. The summed E-state index contributed by atoms with van der Waals surface area (Å²) in [5, 5.41) is 6.63. The van der Waals surface area contributed by atoms with Gasteiger partial charge in [-0.15, -0.1) is 24.0 Å². The van der Waals surface area contributed by atoms with E-state index in [0.29, 0.717) is 6.42 Å². The van der Waals surface area contributed by atoms with E-state index >= 15 is 0 Å². The zero-order chi connectivity index (χ0) is 14.6. The molecular weight excluding hydrogens is 381 g/mol. The summed E-state index contributed by atoms with van der Waals surface area (Å²) in [5.74, 6) is 1.66. The van der Waals surface area contributed by atoms with E-state index in [4.69, 9.17) is 0 Å². The van der Waals surface area contributed by atoms with Crippen LogP contribution in [-0.4, -0.2) is 38.7 Å². The highest BCUT2D eigenvalue weighted by molar-refractivity contribution is 14.0. The molecule has 0 heterocycles. The summed E-state index contributed by atoms with van der Waals surface area (Å²) in [7, 11) is 1.44. The van der Waals surface area contributed by atoms with Crippen LogP contribution in [0.1, 0.15) is 51.9 Å². The van der Waals surface area contributed by atoms with Crippen molar-refractivity contribution in [1.29, 1.82) is 0 Å². The van der Waals surface area contributed by atoms with Gasteiger partial charge in [-0.1, -0.05) is 12.8 Å². The van der Waals surface area contributed by atoms with Gasteiger partial charge in [0.05, 0.1) is 7.11 Å². The lowest BCUT2D eigenvalue weighted by atomic mass is 10.1. The van der Waals surface area contributed by atoms with Crippen LogP contribution in [0.15, 0.2) is 4.99 Å². The van der Waals surface area contributed by atoms with E-state index in [1.54, 1.807) is 0 Å². The monoisotopic (exact) mass is 411 g/mol. The molecule has 1 aliphatic rings. The SMILES string of the molecule is CCNC(=NCC1CC1)NCCCCCCC(=O)OC.I. The molecule has 21 heavy (non-hydrogen) atoms. The molecule has 1 fully saturated rings. The lowest BCUT2D eigenvalue weighted by Gasteiger charge is -2.11. The van der Waals surface area contributed by atoms with Crippen LogP contribution >= 0.6 is 24.0 Å². The number of rotatable bonds is 10. The molecule has 124 valence electrons. The standard InChI is InChI=1S/C15H29N3O2.HI/c1-3-16-15(18-12-13-9-10-13)17-11-7-5-4-6-8-14(19)20-2;/h13H,3-12H2,1-2H3,(H2,16,17,18);1H. The van der Waals surface area contributed by atoms with E-state index < -0.39 is 0 Å². The van der Waals surface area contributed by atoms with E-state index in [1.807, 2.05) is 0 Å². The van der Waals surface area contributed by atoms with Gasteiger partial charge in [0.2, 0.25) is 0 Å². The fourth-order valence-corrected chi connectivity index (χ4v) is 1.92. The molecule has 0 atom stereocenters. The molecule has 2 N–H and O–H groups in total. The molecule has 5 nitrogen and oxygen atoms in total. The van der Waals surface area contributed by atoms with Gasteiger partial charge in [-0.05, 0) is 38.5 Å². The lowest BCUT2D eigenvalue weighted by molar-refractivity contribution is -0.140. The lowest BCUT2D eigenvalue weighted by Crippen LogP contribution is -2.37. The summed E-state index contributed by atoms with van der Waals surface area (Å²) in [6, 6.07) is 0. The van der Waals surface area contributed by atoms with Crippen molar-refractivity contribution in [2.75, 3.05) is 26.7 Å². The summed E-state index contributed by atoms with van der Waals surface area (Å²) in [6.07, 6.45) is 7.44. The summed E-state index contributed by atoms with van der Waals surface area (Å²) in [5.41, 5.74) is 0. The van der Waals surface area contributed by atoms with Crippen molar-refractivity contribution >= 4 is 35.9 Å². The van der Waals surface area contributed by atoms with Crippen molar-refractivity contribution in [1.82, 2.24) is 10.6 Å². The van der Waals surface area contributed by atoms with E-state index in [2.05, 4.69) is 27.3 Å². The molecule has 0 aliphatic heterocycles. The second kappa shape index (κ2) is 13.2. The number of unbranched alkanes of at least 4 members (excludes halogenated alkanes) is 3. The van der Waals surface area contributed by atoms with Crippen molar-refractivity contribution in [2.24, 2.45) is 10.9 Å². The summed E-state index contributed by atoms with van der Waals surface area (Å²) >= 11 is 0. The van der Waals surface area contributed by atoms with Gasteiger partial charge >= 0.3 is 5.97 Å². The number of hydrogen-bond acceptors (Lipinski definition) is 3. The third kappa shape index (κ3) is 11.8. The highest BCUT2D eigenvalue weighted by Crippen LogP contribution is 2.28. The van der Waals surface area contributed by atoms with E-state index in [-0.39, 0.29) is 29.9 Å². The number of methoxy groups -OCH3 is 1. The number of guanidine groups is 1. The zero-order valence-electron chi connectivity index (χ0n) is 13.3. The Bertz CT molecular complexity index is 307. The van der Waals surface area contributed by atoms with Crippen molar-refractivity contribution in [2.45, 2.75) is 51.9 Å². The Morgan fingerprint density at radius 1 is 1.19 bits per heavy atom. The molecule has 1 aliphatic carbocycles. The van der Waals surface area contributed by atoms with E-state index in [0.717, 1.165) is 57.2 Å². The Labute approximate surface area is 145 Å². The Balaban J connectivity index is 0.00000400. The second-order valence-electron chi connectivity index (χ2n) is 5.33. The van der Waals surface area contributed by atoms with Crippen LogP contribution in [0.3, 0.4) is 0 Å². The molecule has 0 saturated heterocycles. The first kappa shape index (κ1) is 20.5. The molecule has 0 aromatic heterocycles. The average Bonchev–Trinajstić information content (AvgIpc) is 3.27. The van der Waals surface area contributed by atoms with Crippen LogP contribution in [0.2, 0.25) is 0 Å². The number of halogens is 1. The summed E-state index contributed by atoms with van der Waals surface area (Å²) in [4.78, 5) is 15.5. The molecule has 0 bridgehead atoms. The first-order valence-corrected chi connectivity index (χ1v) is 7.85. The third-order valence-corrected chi connectivity index (χ3v) is 3.38. The van der Waals surface area contributed by atoms with Gasteiger partial charge in [0.1, 0.15) is 0 Å². The number of nitrogens with zero attached hydrogens (tertiary/aromatic N) is 1. The molecule has 6 heteroatoms. The van der Waals surface area contributed by atoms with E-state index in [1.165, 1.54) is 20.0 Å². The smallest absolute Gasteiger partial charge is 0.305 e. The molecule has 0 unspecified atom stereocenters. The number of esters is 1. The van der Waals surface area contributed by atoms with Crippen molar-refractivity contribution < 1.29 is 9.53 Å². The molecule has 0 aromatic rings. The molecule has 0 amide bonds. The zero-order valence-corrected chi connectivity index (χ0v) is 15.7. The minimum atomic E-state index is -0.107. The van der Waals surface area contributed by atoms with Gasteiger partial charge in [0.15, 0.2) is 5.96 Å². The molecular formula is C15H30IN3O2. The summed E-state index contributed by atoms with van der Waals surface area (Å²) < 4.78 is 4.61. The van der Waals surface area contributed by atoms with Crippen LogP contribution in [0, 0.1) is 5.92 Å². The predicted octanol–water partition coefficient (Wildman–Crippen LogP) is 2.69. The quantitative estimate of drug-likeness (QED) is 0.191. The molecule has 1 rings (SSSR count). The molecule has 1 saturated carbocycles. The topological polar surface area (TPSA) is 62.7 Å². The third-order valence-electron chi connectivity index (χ3n) is 3.38. The van der Waals surface area contributed by atoms with Gasteiger partial charge in [-0.2, -0.15) is 0 Å². The van der Waals surface area contributed by atoms with Gasteiger partial charge in [0.25, 0.3) is 0 Å². The number of nitrogens with one attached hydrogen (secondary N) is 2. The van der Waals surface area contributed by atoms with Crippen LogP contribution in [0.25, 0.3) is 0 Å². The predicted molar refractivity (Wildman–Crippen MR) is 97.2 cm³/mol. The maximum atomic E-state index is 10.9. The Morgan fingerprint density at radius 2 is 1.90 bits per heavy atom. The van der Waals surface area contributed by atoms with Gasteiger partial charge in [0, 0.05) is 26.1 Å². The van der Waals surface area contributed by atoms with Crippen LogP contribution in [-0.2, 0) is 9.53 Å². The van der Waals surface area contributed by atoms with Crippen molar-refractivity contribution in [3.05, 3.63) is 0 Å². The fraction of sp³-hybridized carbons (Fsp3) is 0.867. The minimum Gasteiger partial charge on any atom is -0.469 e. The maximum absolute atomic E-state index is 10.9. The highest BCUT2D eigenvalue weighted by atomic mass is 127. The largest absolute Gasteiger partial charge is 0.469 e. The Morgan fingerprint density at radius 3 is 2.52 bits per heavy atom. The number of carbonyl (C=O) groups is 1. The Kier molecular flexibility index (Phi) is 12.8. The maximum Gasteiger partial charge on any atom is 0.305 e. The highest BCUT2D eigenvalue weighted by Gasteiger charge is 2.20. The van der Waals surface area contributed by atoms with Crippen molar-refractivity contribution in [3.8, 4) is 0 Å². The van der Waals surface area contributed by atoms with E-state index in [9.17, 15) is 4.79 Å². The average molecular weight is 411 g/mol.